The highest BCUT2D eigenvalue weighted by molar-refractivity contribution is 6.12. The monoisotopic (exact) mass is 351 g/mol. The fraction of sp³-hybridized carbons (Fsp3) is 0.150. The molecule has 0 bridgehead atoms. The first-order valence-electron chi connectivity index (χ1n) is 8.23. The van der Waals surface area contributed by atoms with E-state index in [1.807, 2.05) is 6.92 Å². The number of hydrogen-bond acceptors (Lipinski definition) is 3. The maximum Gasteiger partial charge on any atom is 0.272 e. The number of nitrogens with zero attached hydrogens (tertiary/aromatic N) is 1. The Morgan fingerprint density at radius 2 is 2.08 bits per heavy atom. The second kappa shape index (κ2) is 7.31. The number of pyridine rings is 1. The lowest BCUT2D eigenvalue weighted by atomic mass is 9.96. The van der Waals surface area contributed by atoms with Crippen molar-refractivity contribution in [1.29, 1.82) is 0 Å². The van der Waals surface area contributed by atoms with E-state index in [4.69, 9.17) is 0 Å². The molecule has 6 heteroatoms. The van der Waals surface area contributed by atoms with E-state index in [1.165, 1.54) is 18.5 Å². The number of ketones is 1. The van der Waals surface area contributed by atoms with Gasteiger partial charge in [-0.3, -0.25) is 14.6 Å². The van der Waals surface area contributed by atoms with Crippen LogP contribution in [0.5, 0.6) is 0 Å². The van der Waals surface area contributed by atoms with Crippen LogP contribution in [-0.4, -0.2) is 21.7 Å². The van der Waals surface area contributed by atoms with Gasteiger partial charge in [0, 0.05) is 18.0 Å². The molecule has 2 N–H and O–H groups in total. The van der Waals surface area contributed by atoms with E-state index in [9.17, 15) is 14.0 Å². The zero-order valence-corrected chi connectivity index (χ0v) is 14.5. The highest BCUT2D eigenvalue weighted by Crippen LogP contribution is 2.22. The van der Waals surface area contributed by atoms with Gasteiger partial charge < -0.3 is 10.3 Å². The average molecular weight is 351 g/mol. The van der Waals surface area contributed by atoms with Gasteiger partial charge in [0.25, 0.3) is 5.91 Å². The van der Waals surface area contributed by atoms with Gasteiger partial charge in [-0.15, -0.1) is 0 Å². The first-order chi connectivity index (χ1) is 12.5. The summed E-state index contributed by atoms with van der Waals surface area (Å²) in [4.78, 5) is 31.7. The quantitative estimate of drug-likeness (QED) is 0.685. The minimum Gasteiger partial charge on any atom is -0.356 e. The maximum atomic E-state index is 14.6. The van der Waals surface area contributed by atoms with Crippen LogP contribution in [0.15, 0.2) is 48.9 Å². The number of aryl methyl sites for hydroxylation is 2. The van der Waals surface area contributed by atoms with Crippen molar-refractivity contribution in [3.63, 3.8) is 0 Å². The number of amides is 1. The molecule has 0 radical (unpaired) electrons. The van der Waals surface area contributed by atoms with Crippen LogP contribution in [0, 0.1) is 12.7 Å². The standard InChI is InChI=1S/C20H18FN3O2/c1-3-13-7-6-12(2)17(18(13)21)19(25)14-9-16(23-10-14)20(26)24-15-5-4-8-22-11-15/h4-11,23H,3H2,1-2H3,(H,24,26). The zero-order valence-electron chi connectivity index (χ0n) is 14.5. The molecule has 3 rings (SSSR count). The summed E-state index contributed by atoms with van der Waals surface area (Å²) in [5.41, 5.74) is 2.08. The normalized spacial score (nSPS) is 10.6. The molecule has 5 nitrogen and oxygen atoms in total. The SMILES string of the molecule is CCc1ccc(C)c(C(=O)c2c[nH]c(C(=O)Nc3cccnc3)c2)c1F. The molecule has 3 aromatic rings. The summed E-state index contributed by atoms with van der Waals surface area (Å²) in [5.74, 6) is -1.36. The lowest BCUT2D eigenvalue weighted by molar-refractivity contribution is 0.102. The molecule has 0 aliphatic carbocycles. The minimum atomic E-state index is -0.500. The fourth-order valence-electron chi connectivity index (χ4n) is 2.70. The fourth-order valence-corrected chi connectivity index (χ4v) is 2.70. The van der Waals surface area contributed by atoms with E-state index >= 15 is 0 Å². The number of benzene rings is 1. The number of rotatable bonds is 5. The molecule has 1 aromatic carbocycles. The van der Waals surface area contributed by atoms with Crippen molar-refractivity contribution in [3.05, 3.63) is 82.7 Å². The minimum absolute atomic E-state index is 0.0440. The predicted octanol–water partition coefficient (Wildman–Crippen LogP) is 3.90. The van der Waals surface area contributed by atoms with E-state index in [2.05, 4.69) is 15.3 Å². The van der Waals surface area contributed by atoms with Gasteiger partial charge in [0.15, 0.2) is 5.78 Å². The van der Waals surface area contributed by atoms with Gasteiger partial charge in [-0.25, -0.2) is 4.39 Å². The Balaban J connectivity index is 1.86. The van der Waals surface area contributed by atoms with E-state index in [1.54, 1.807) is 37.4 Å². The van der Waals surface area contributed by atoms with E-state index in [0.717, 1.165) is 0 Å². The topological polar surface area (TPSA) is 74.8 Å². The third kappa shape index (κ3) is 3.39. The number of halogens is 1. The van der Waals surface area contributed by atoms with Gasteiger partial charge in [0.05, 0.1) is 17.4 Å². The lowest BCUT2D eigenvalue weighted by Crippen LogP contribution is -2.12. The van der Waals surface area contributed by atoms with Gasteiger partial charge in [-0.2, -0.15) is 0 Å². The Morgan fingerprint density at radius 3 is 2.77 bits per heavy atom. The van der Waals surface area contributed by atoms with Crippen LogP contribution in [0.4, 0.5) is 10.1 Å². The Bertz CT molecular complexity index is 964. The third-order valence-corrected chi connectivity index (χ3v) is 4.15. The summed E-state index contributed by atoms with van der Waals surface area (Å²) in [5, 5.41) is 2.67. The highest BCUT2D eigenvalue weighted by atomic mass is 19.1. The van der Waals surface area contributed by atoms with Crippen molar-refractivity contribution >= 4 is 17.4 Å². The van der Waals surface area contributed by atoms with Crippen LogP contribution >= 0.6 is 0 Å². The van der Waals surface area contributed by atoms with Crippen molar-refractivity contribution in [1.82, 2.24) is 9.97 Å². The van der Waals surface area contributed by atoms with E-state index < -0.39 is 17.5 Å². The Kier molecular flexibility index (Phi) is 4.93. The number of carbonyl (C=O) groups excluding carboxylic acids is 2. The molecule has 2 heterocycles. The predicted molar refractivity (Wildman–Crippen MR) is 96.9 cm³/mol. The van der Waals surface area contributed by atoms with E-state index in [0.29, 0.717) is 23.2 Å². The number of anilines is 1. The Morgan fingerprint density at radius 1 is 1.27 bits per heavy atom. The first kappa shape index (κ1) is 17.5. The molecule has 2 aromatic heterocycles. The number of nitrogens with one attached hydrogen (secondary N) is 2. The maximum absolute atomic E-state index is 14.6. The summed E-state index contributed by atoms with van der Waals surface area (Å²) < 4.78 is 14.6. The second-order valence-corrected chi connectivity index (χ2v) is 5.91. The Labute approximate surface area is 150 Å². The van der Waals surface area contributed by atoms with Crippen LogP contribution < -0.4 is 5.32 Å². The summed E-state index contributed by atoms with van der Waals surface area (Å²) in [6, 6.07) is 8.25. The van der Waals surface area contributed by atoms with Crippen molar-refractivity contribution in [2.75, 3.05) is 5.32 Å². The molecule has 0 fully saturated rings. The number of carbonyl (C=O) groups is 2. The molecule has 0 saturated carbocycles. The lowest BCUT2D eigenvalue weighted by Gasteiger charge is -2.09. The smallest absolute Gasteiger partial charge is 0.272 e. The van der Waals surface area contributed by atoms with Crippen molar-refractivity contribution in [2.45, 2.75) is 20.3 Å². The molecule has 26 heavy (non-hydrogen) atoms. The number of aromatic nitrogens is 2. The average Bonchev–Trinajstić information content (AvgIpc) is 3.13. The van der Waals surface area contributed by atoms with Crippen LogP contribution in [0.25, 0.3) is 0 Å². The first-order valence-corrected chi connectivity index (χ1v) is 8.23. The number of H-pyrrole nitrogens is 1. The second-order valence-electron chi connectivity index (χ2n) is 5.91. The molecule has 0 aliphatic rings. The summed E-state index contributed by atoms with van der Waals surface area (Å²) in [7, 11) is 0. The Hall–Kier alpha value is -3.28. The van der Waals surface area contributed by atoms with Crippen LogP contribution in [-0.2, 0) is 6.42 Å². The molecule has 0 spiro atoms. The highest BCUT2D eigenvalue weighted by Gasteiger charge is 2.21. The van der Waals surface area contributed by atoms with Crippen LogP contribution in [0.2, 0.25) is 0 Å². The van der Waals surface area contributed by atoms with Crippen LogP contribution in [0.3, 0.4) is 0 Å². The number of hydrogen-bond donors (Lipinski definition) is 2. The van der Waals surface area contributed by atoms with Crippen LogP contribution in [0.1, 0.15) is 44.5 Å². The molecule has 0 saturated heterocycles. The third-order valence-electron chi connectivity index (χ3n) is 4.15. The van der Waals surface area contributed by atoms with Crippen molar-refractivity contribution in [2.24, 2.45) is 0 Å². The van der Waals surface area contributed by atoms with E-state index in [-0.39, 0.29) is 16.8 Å². The van der Waals surface area contributed by atoms with Gasteiger partial charge in [0.2, 0.25) is 0 Å². The van der Waals surface area contributed by atoms with Crippen molar-refractivity contribution < 1.29 is 14.0 Å². The zero-order chi connectivity index (χ0) is 18.7. The summed E-state index contributed by atoms with van der Waals surface area (Å²) >= 11 is 0. The molecular formula is C20H18FN3O2. The molecule has 0 atom stereocenters. The molecular weight excluding hydrogens is 333 g/mol. The number of aromatic amines is 1. The van der Waals surface area contributed by atoms with Gasteiger partial charge in [-0.05, 0) is 42.7 Å². The molecule has 0 aliphatic heterocycles. The molecule has 1 amide bonds. The summed E-state index contributed by atoms with van der Waals surface area (Å²) in [6.45, 7) is 3.53. The van der Waals surface area contributed by atoms with Crippen molar-refractivity contribution in [3.8, 4) is 0 Å². The molecule has 0 unspecified atom stereocenters. The summed E-state index contributed by atoms with van der Waals surface area (Å²) in [6.07, 6.45) is 5.03. The van der Waals surface area contributed by atoms with Gasteiger partial charge >= 0.3 is 0 Å². The largest absolute Gasteiger partial charge is 0.356 e. The molecule has 132 valence electrons. The van der Waals surface area contributed by atoms with Gasteiger partial charge in [-0.1, -0.05) is 19.1 Å². The van der Waals surface area contributed by atoms with Gasteiger partial charge in [0.1, 0.15) is 11.5 Å².